The van der Waals surface area contributed by atoms with Crippen LogP contribution in [0.1, 0.15) is 55.8 Å². The zero-order valence-electron chi connectivity index (χ0n) is 14.7. The van der Waals surface area contributed by atoms with Crippen molar-refractivity contribution in [3.8, 4) is 5.75 Å². The Bertz CT molecular complexity index is 526. The molecule has 0 bridgehead atoms. The Morgan fingerprint density at radius 2 is 1.92 bits per heavy atom. The summed E-state index contributed by atoms with van der Waals surface area (Å²) in [7, 11) is 0. The maximum absolute atomic E-state index is 12.2. The van der Waals surface area contributed by atoms with Crippen LogP contribution in [0.5, 0.6) is 5.75 Å². The Morgan fingerprint density at radius 1 is 1.12 bits per heavy atom. The first kappa shape index (κ1) is 17.3. The molecule has 1 aromatic rings. The van der Waals surface area contributed by atoms with Crippen molar-refractivity contribution >= 4 is 5.97 Å². The highest BCUT2D eigenvalue weighted by Crippen LogP contribution is 2.32. The average Bonchev–Trinajstić information content (AvgIpc) is 2.63. The lowest BCUT2D eigenvalue weighted by molar-refractivity contribution is 0.0296. The van der Waals surface area contributed by atoms with Crippen LogP contribution in [0.15, 0.2) is 24.3 Å². The van der Waals surface area contributed by atoms with Crippen molar-refractivity contribution < 1.29 is 14.3 Å². The van der Waals surface area contributed by atoms with Crippen LogP contribution >= 0.6 is 0 Å². The molecular formula is C20H29NO3. The normalized spacial score (nSPS) is 24.2. The summed E-state index contributed by atoms with van der Waals surface area (Å²) in [5.41, 5.74) is 0.599. The van der Waals surface area contributed by atoms with E-state index < -0.39 is 0 Å². The van der Waals surface area contributed by atoms with Crippen LogP contribution in [-0.2, 0) is 4.74 Å². The summed E-state index contributed by atoms with van der Waals surface area (Å²) in [6, 6.07) is 7.91. The summed E-state index contributed by atoms with van der Waals surface area (Å²) < 4.78 is 10.9. The molecule has 24 heavy (non-hydrogen) atoms. The van der Waals surface area contributed by atoms with Gasteiger partial charge in [0, 0.05) is 6.04 Å². The lowest BCUT2D eigenvalue weighted by Gasteiger charge is -2.44. The lowest BCUT2D eigenvalue weighted by atomic mass is 9.82. The molecule has 2 saturated heterocycles. The third kappa shape index (κ3) is 4.29. The number of esters is 1. The largest absolute Gasteiger partial charge is 0.494 e. The van der Waals surface area contributed by atoms with E-state index in [2.05, 4.69) is 4.90 Å². The van der Waals surface area contributed by atoms with Gasteiger partial charge in [0.2, 0.25) is 0 Å². The molecule has 0 radical (unpaired) electrons. The Labute approximate surface area is 145 Å². The Kier molecular flexibility index (Phi) is 6.13. The second kappa shape index (κ2) is 8.52. The number of piperidine rings is 2. The van der Waals surface area contributed by atoms with Gasteiger partial charge in [0.15, 0.2) is 0 Å². The van der Waals surface area contributed by atoms with Crippen molar-refractivity contribution in [2.24, 2.45) is 5.92 Å². The lowest BCUT2D eigenvalue weighted by Crippen LogP contribution is -2.48. The van der Waals surface area contributed by atoms with Gasteiger partial charge in [0.05, 0.1) is 18.8 Å². The standard InChI is InChI=1S/C20H29NO3/c1-2-23-18-10-8-17(9-11-18)20(22)24-15-12-16-6-5-14-21-13-4-3-7-19(16)21/h8-11,16,19H,2-7,12-15H2,1H3/t16-,19?/m1/s1. The maximum atomic E-state index is 12.2. The van der Waals surface area contributed by atoms with E-state index in [9.17, 15) is 4.79 Å². The van der Waals surface area contributed by atoms with Crippen molar-refractivity contribution in [2.75, 3.05) is 26.3 Å². The second-order valence-corrected chi connectivity index (χ2v) is 6.88. The molecule has 2 aliphatic heterocycles. The van der Waals surface area contributed by atoms with Crippen molar-refractivity contribution in [3.05, 3.63) is 29.8 Å². The first-order valence-corrected chi connectivity index (χ1v) is 9.42. The first-order chi connectivity index (χ1) is 11.8. The van der Waals surface area contributed by atoms with Crippen LogP contribution in [0.2, 0.25) is 0 Å². The van der Waals surface area contributed by atoms with Crippen molar-refractivity contribution in [2.45, 2.75) is 51.5 Å². The Hall–Kier alpha value is -1.55. The number of hydrogen-bond donors (Lipinski definition) is 0. The number of ether oxygens (including phenoxy) is 2. The maximum Gasteiger partial charge on any atom is 0.338 e. The fraction of sp³-hybridized carbons (Fsp3) is 0.650. The molecule has 1 unspecified atom stereocenters. The van der Waals surface area contributed by atoms with Gasteiger partial charge in [-0.15, -0.1) is 0 Å². The van der Waals surface area contributed by atoms with E-state index in [0.717, 1.165) is 18.2 Å². The van der Waals surface area contributed by atoms with E-state index in [1.165, 1.54) is 45.2 Å². The van der Waals surface area contributed by atoms with E-state index >= 15 is 0 Å². The minimum atomic E-state index is -0.227. The molecule has 0 saturated carbocycles. The van der Waals surface area contributed by atoms with Gasteiger partial charge >= 0.3 is 5.97 Å². The van der Waals surface area contributed by atoms with Gasteiger partial charge in [-0.05, 0) is 82.3 Å². The Balaban J connectivity index is 1.46. The highest BCUT2D eigenvalue weighted by molar-refractivity contribution is 5.89. The van der Waals surface area contributed by atoms with Crippen molar-refractivity contribution in [1.29, 1.82) is 0 Å². The van der Waals surface area contributed by atoms with Gasteiger partial charge in [0.1, 0.15) is 5.75 Å². The van der Waals surface area contributed by atoms with Gasteiger partial charge in [-0.2, -0.15) is 0 Å². The summed E-state index contributed by atoms with van der Waals surface area (Å²) in [6.07, 6.45) is 7.57. The van der Waals surface area contributed by atoms with Crippen LogP contribution in [0.3, 0.4) is 0 Å². The number of rotatable bonds is 6. The summed E-state index contributed by atoms with van der Waals surface area (Å²) in [5.74, 6) is 1.25. The third-order valence-corrected chi connectivity index (χ3v) is 5.35. The molecule has 0 amide bonds. The predicted molar refractivity (Wildman–Crippen MR) is 94.4 cm³/mol. The summed E-state index contributed by atoms with van der Waals surface area (Å²) in [4.78, 5) is 14.8. The molecule has 0 spiro atoms. The average molecular weight is 331 g/mol. The molecule has 4 heteroatoms. The SMILES string of the molecule is CCOc1ccc(C(=O)OCC[C@H]2CCCN3CCCCC23)cc1. The molecule has 2 heterocycles. The number of carbonyl (C=O) groups is 1. The number of nitrogens with zero attached hydrogens (tertiary/aromatic N) is 1. The fourth-order valence-electron chi connectivity index (χ4n) is 4.15. The molecule has 0 aliphatic carbocycles. The molecule has 2 aliphatic rings. The van der Waals surface area contributed by atoms with E-state index in [0.29, 0.717) is 24.7 Å². The molecule has 2 fully saturated rings. The molecule has 2 atom stereocenters. The quantitative estimate of drug-likeness (QED) is 0.741. The highest BCUT2D eigenvalue weighted by atomic mass is 16.5. The number of fused-ring (bicyclic) bond motifs is 1. The topological polar surface area (TPSA) is 38.8 Å². The van der Waals surface area contributed by atoms with Gasteiger partial charge in [-0.3, -0.25) is 0 Å². The first-order valence-electron chi connectivity index (χ1n) is 9.42. The molecule has 4 nitrogen and oxygen atoms in total. The smallest absolute Gasteiger partial charge is 0.338 e. The van der Waals surface area contributed by atoms with Crippen LogP contribution in [0, 0.1) is 5.92 Å². The number of carbonyl (C=O) groups excluding carboxylic acids is 1. The molecule has 3 rings (SSSR count). The molecule has 1 aromatic carbocycles. The summed E-state index contributed by atoms with van der Waals surface area (Å²) in [5, 5.41) is 0. The van der Waals surface area contributed by atoms with E-state index in [1.54, 1.807) is 12.1 Å². The zero-order valence-corrected chi connectivity index (χ0v) is 14.7. The minimum Gasteiger partial charge on any atom is -0.494 e. The third-order valence-electron chi connectivity index (χ3n) is 5.35. The van der Waals surface area contributed by atoms with Gasteiger partial charge < -0.3 is 14.4 Å². The second-order valence-electron chi connectivity index (χ2n) is 6.88. The highest BCUT2D eigenvalue weighted by Gasteiger charge is 2.32. The van der Waals surface area contributed by atoms with Gasteiger partial charge in [0.25, 0.3) is 0 Å². The number of hydrogen-bond acceptors (Lipinski definition) is 4. The van der Waals surface area contributed by atoms with E-state index in [4.69, 9.17) is 9.47 Å². The minimum absolute atomic E-state index is 0.227. The molecule has 0 aromatic heterocycles. The van der Waals surface area contributed by atoms with E-state index in [1.807, 2.05) is 19.1 Å². The van der Waals surface area contributed by atoms with E-state index in [-0.39, 0.29) is 5.97 Å². The molecule has 132 valence electrons. The predicted octanol–water partition coefficient (Wildman–Crippen LogP) is 3.90. The summed E-state index contributed by atoms with van der Waals surface area (Å²) >= 11 is 0. The van der Waals surface area contributed by atoms with Crippen LogP contribution in [0.25, 0.3) is 0 Å². The monoisotopic (exact) mass is 331 g/mol. The zero-order chi connectivity index (χ0) is 16.8. The molecule has 0 N–H and O–H groups in total. The number of benzene rings is 1. The summed E-state index contributed by atoms with van der Waals surface area (Å²) in [6.45, 7) is 5.62. The molecular weight excluding hydrogens is 302 g/mol. The Morgan fingerprint density at radius 3 is 2.71 bits per heavy atom. The van der Waals surface area contributed by atoms with Crippen LogP contribution in [0.4, 0.5) is 0 Å². The fourth-order valence-corrected chi connectivity index (χ4v) is 4.15. The van der Waals surface area contributed by atoms with Crippen molar-refractivity contribution in [1.82, 2.24) is 4.90 Å². The van der Waals surface area contributed by atoms with Gasteiger partial charge in [-0.1, -0.05) is 6.42 Å². The van der Waals surface area contributed by atoms with Crippen LogP contribution in [-0.4, -0.2) is 43.2 Å². The van der Waals surface area contributed by atoms with Crippen LogP contribution < -0.4 is 4.74 Å². The van der Waals surface area contributed by atoms with Gasteiger partial charge in [-0.25, -0.2) is 4.79 Å². The van der Waals surface area contributed by atoms with Crippen molar-refractivity contribution in [3.63, 3.8) is 0 Å².